The quantitative estimate of drug-likeness (QED) is 0.551. The first-order chi connectivity index (χ1) is 14.1. The van der Waals surface area contributed by atoms with Gasteiger partial charge in [-0.15, -0.1) is 0 Å². The molecule has 1 aromatic rings. The van der Waals surface area contributed by atoms with E-state index in [0.29, 0.717) is 35.7 Å². The summed E-state index contributed by atoms with van der Waals surface area (Å²) in [7, 11) is 0. The number of allylic oxidation sites excluding steroid dienone is 3. The van der Waals surface area contributed by atoms with Crippen LogP contribution in [0.15, 0.2) is 35.9 Å². The molecule has 2 saturated heterocycles. The molecule has 0 bridgehead atoms. The van der Waals surface area contributed by atoms with E-state index < -0.39 is 0 Å². The number of benzene rings is 1. The normalized spacial score (nSPS) is 20.3. The third-order valence-corrected chi connectivity index (χ3v) is 6.34. The third kappa shape index (κ3) is 4.94. The summed E-state index contributed by atoms with van der Waals surface area (Å²) < 4.78 is 0. The summed E-state index contributed by atoms with van der Waals surface area (Å²) in [6.07, 6.45) is 11.1. The summed E-state index contributed by atoms with van der Waals surface area (Å²) in [6.45, 7) is 5.67. The lowest BCUT2D eigenvalue weighted by atomic mass is 10.0. The number of likely N-dealkylation sites (tertiary alicyclic amines) is 2. The average Bonchev–Trinajstić information content (AvgIpc) is 3.40. The van der Waals surface area contributed by atoms with Gasteiger partial charge in [-0.25, -0.2) is 0 Å². The number of carbonyl (C=O) groups is 1. The number of carbonyl (C=O) groups excluding carboxylic acids is 1. The molecule has 2 heterocycles. The lowest BCUT2D eigenvalue weighted by Gasteiger charge is -2.21. The van der Waals surface area contributed by atoms with E-state index in [4.69, 9.17) is 12.2 Å². The number of nitrogens with zero attached hydrogens (tertiary/aromatic N) is 2. The molecule has 0 radical (unpaired) electrons. The van der Waals surface area contributed by atoms with Crippen molar-refractivity contribution in [3.8, 4) is 5.75 Å². The second-order valence-electron chi connectivity index (χ2n) is 8.20. The zero-order chi connectivity index (χ0) is 20.2. The highest BCUT2D eigenvalue weighted by atomic mass is 32.1. The Morgan fingerprint density at radius 2 is 1.55 bits per heavy atom. The molecule has 0 atom stereocenters. The van der Waals surface area contributed by atoms with Crippen molar-refractivity contribution in [2.75, 3.05) is 31.5 Å². The van der Waals surface area contributed by atoms with Crippen LogP contribution >= 0.6 is 12.2 Å². The molecular formula is C23H29N3O2S. The smallest absolute Gasteiger partial charge is 0.256 e. The largest absolute Gasteiger partial charge is 0.507 e. The molecule has 2 aliphatic heterocycles. The fraction of sp³-hybridized carbons (Fsp3) is 0.478. The maximum absolute atomic E-state index is 12.8. The van der Waals surface area contributed by atoms with Gasteiger partial charge in [0.15, 0.2) is 0 Å². The lowest BCUT2D eigenvalue weighted by Crippen LogP contribution is -2.22. The Bertz CT molecular complexity index is 811. The van der Waals surface area contributed by atoms with Gasteiger partial charge in [-0.3, -0.25) is 14.6 Å². The van der Waals surface area contributed by atoms with Crippen LogP contribution in [0.2, 0.25) is 0 Å². The van der Waals surface area contributed by atoms with Gasteiger partial charge in [-0.05, 0) is 70.1 Å². The minimum absolute atomic E-state index is 0.177. The van der Waals surface area contributed by atoms with E-state index in [9.17, 15) is 9.90 Å². The van der Waals surface area contributed by atoms with Crippen LogP contribution in [0.3, 0.4) is 0 Å². The number of rotatable bonds is 6. The lowest BCUT2D eigenvalue weighted by molar-refractivity contribution is -0.112. The van der Waals surface area contributed by atoms with Crippen molar-refractivity contribution in [1.29, 1.82) is 0 Å². The van der Waals surface area contributed by atoms with Gasteiger partial charge in [0.05, 0.1) is 5.57 Å². The second kappa shape index (κ2) is 9.20. The van der Waals surface area contributed by atoms with Crippen LogP contribution in [-0.4, -0.2) is 51.9 Å². The molecule has 154 valence electrons. The van der Waals surface area contributed by atoms with Crippen LogP contribution < -0.4 is 5.32 Å². The van der Waals surface area contributed by atoms with E-state index in [2.05, 4.69) is 15.1 Å². The number of phenolic OH excluding ortho intramolecular Hbond substituents is 1. The van der Waals surface area contributed by atoms with E-state index in [1.807, 2.05) is 24.3 Å². The molecule has 5 nitrogen and oxygen atoms in total. The first-order valence-corrected chi connectivity index (χ1v) is 11.0. The van der Waals surface area contributed by atoms with Crippen molar-refractivity contribution in [3.63, 3.8) is 0 Å². The third-order valence-electron chi connectivity index (χ3n) is 5.96. The second-order valence-corrected chi connectivity index (χ2v) is 8.69. The maximum Gasteiger partial charge on any atom is 0.256 e. The number of hydrogen-bond acceptors (Lipinski definition) is 5. The zero-order valence-corrected chi connectivity index (χ0v) is 17.6. The molecule has 0 spiro atoms. The minimum Gasteiger partial charge on any atom is -0.507 e. The van der Waals surface area contributed by atoms with Crippen LogP contribution in [0.5, 0.6) is 5.75 Å². The predicted octanol–water partition coefficient (Wildman–Crippen LogP) is 3.78. The van der Waals surface area contributed by atoms with Crippen LogP contribution in [0, 0.1) is 0 Å². The van der Waals surface area contributed by atoms with Gasteiger partial charge in [0.2, 0.25) is 0 Å². The number of anilines is 1. The summed E-state index contributed by atoms with van der Waals surface area (Å²) >= 11 is 5.35. The number of hydrogen-bond donors (Lipinski definition) is 2. The highest BCUT2D eigenvalue weighted by Gasteiger charge is 2.21. The number of nitrogens with one attached hydrogen (secondary N) is 1. The molecule has 0 unspecified atom stereocenters. The predicted molar refractivity (Wildman–Crippen MR) is 120 cm³/mol. The Balaban J connectivity index is 1.58. The average molecular weight is 412 g/mol. The van der Waals surface area contributed by atoms with Crippen molar-refractivity contribution in [1.82, 2.24) is 9.80 Å². The van der Waals surface area contributed by atoms with Gasteiger partial charge in [0.25, 0.3) is 5.91 Å². The Hall–Kier alpha value is -2.02. The molecule has 6 heteroatoms. The first-order valence-electron chi connectivity index (χ1n) is 10.6. The molecule has 0 saturated carbocycles. The molecule has 1 amide bonds. The number of amides is 1. The monoisotopic (exact) mass is 411 g/mol. The maximum atomic E-state index is 12.8. The van der Waals surface area contributed by atoms with Crippen molar-refractivity contribution in [2.45, 2.75) is 45.2 Å². The van der Waals surface area contributed by atoms with E-state index in [-0.39, 0.29) is 5.91 Å². The van der Waals surface area contributed by atoms with Gasteiger partial charge in [0.1, 0.15) is 5.75 Å². The van der Waals surface area contributed by atoms with Crippen LogP contribution in [0.4, 0.5) is 5.69 Å². The summed E-state index contributed by atoms with van der Waals surface area (Å²) in [5.41, 5.74) is 3.06. The standard InChI is InChI=1S/C23H29N3O2S/c27-22-17(15-25-9-3-4-10-25)13-19(14-18(22)16-26-11-5-6-12-26)24-23(28)20-7-1-2-8-21(20)29/h1-2,7,13-14,27H,3-6,8-12,15-16H2,(H,24,28). The fourth-order valence-electron chi connectivity index (χ4n) is 4.38. The Labute approximate surface area is 178 Å². The summed E-state index contributed by atoms with van der Waals surface area (Å²) in [5, 5.41) is 14.0. The van der Waals surface area contributed by atoms with Crippen LogP contribution in [0.25, 0.3) is 0 Å². The summed E-state index contributed by atoms with van der Waals surface area (Å²) in [5.74, 6) is 0.196. The number of phenols is 1. The van der Waals surface area contributed by atoms with E-state index in [0.717, 1.165) is 43.0 Å². The molecule has 2 N–H and O–H groups in total. The zero-order valence-electron chi connectivity index (χ0n) is 16.8. The molecule has 3 aliphatic rings. The molecule has 4 rings (SSSR count). The molecule has 1 aliphatic carbocycles. The van der Waals surface area contributed by atoms with Crippen LogP contribution in [0.1, 0.15) is 43.2 Å². The van der Waals surface area contributed by atoms with Crippen molar-refractivity contribution >= 4 is 28.7 Å². The van der Waals surface area contributed by atoms with Gasteiger partial charge in [0, 0.05) is 41.2 Å². The highest BCUT2D eigenvalue weighted by molar-refractivity contribution is 7.81. The van der Waals surface area contributed by atoms with Gasteiger partial charge >= 0.3 is 0 Å². The summed E-state index contributed by atoms with van der Waals surface area (Å²) in [6, 6.07) is 3.84. The number of thiocarbonyl (C=S) groups is 1. The fourth-order valence-corrected chi connectivity index (χ4v) is 4.64. The van der Waals surface area contributed by atoms with E-state index >= 15 is 0 Å². The first kappa shape index (κ1) is 20.3. The van der Waals surface area contributed by atoms with Gasteiger partial charge in [-0.1, -0.05) is 24.4 Å². The van der Waals surface area contributed by atoms with E-state index in [1.54, 1.807) is 6.08 Å². The highest BCUT2D eigenvalue weighted by Crippen LogP contribution is 2.31. The molecule has 1 aromatic carbocycles. The number of aromatic hydroxyl groups is 1. The van der Waals surface area contributed by atoms with Crippen LogP contribution in [-0.2, 0) is 17.9 Å². The minimum atomic E-state index is -0.177. The van der Waals surface area contributed by atoms with Gasteiger partial charge in [-0.2, -0.15) is 0 Å². The van der Waals surface area contributed by atoms with Crippen molar-refractivity contribution < 1.29 is 9.90 Å². The molecule has 29 heavy (non-hydrogen) atoms. The Kier molecular flexibility index (Phi) is 6.43. The molecular weight excluding hydrogens is 382 g/mol. The molecule has 0 aromatic heterocycles. The van der Waals surface area contributed by atoms with Crippen molar-refractivity contribution in [2.24, 2.45) is 0 Å². The molecule has 2 fully saturated rings. The topological polar surface area (TPSA) is 55.8 Å². The summed E-state index contributed by atoms with van der Waals surface area (Å²) in [4.78, 5) is 18.2. The van der Waals surface area contributed by atoms with E-state index in [1.165, 1.54) is 25.7 Å². The van der Waals surface area contributed by atoms with Crippen molar-refractivity contribution in [3.05, 3.63) is 47.1 Å². The Morgan fingerprint density at radius 3 is 2.07 bits per heavy atom. The Morgan fingerprint density at radius 1 is 1.00 bits per heavy atom. The SMILES string of the molecule is O=C(Nc1cc(CN2CCCC2)c(O)c(CN2CCCC2)c1)C1=CC=CCC1=S. The van der Waals surface area contributed by atoms with Gasteiger partial charge < -0.3 is 10.4 Å².